The van der Waals surface area contributed by atoms with Gasteiger partial charge in [0.2, 0.25) is 0 Å². The summed E-state index contributed by atoms with van der Waals surface area (Å²) in [5.74, 6) is 3.06. The van der Waals surface area contributed by atoms with Gasteiger partial charge in [0.05, 0.1) is 0 Å². The molecule has 0 spiro atoms. The first-order chi connectivity index (χ1) is 9.74. The van der Waals surface area contributed by atoms with Crippen molar-refractivity contribution in [3.63, 3.8) is 0 Å². The molecule has 110 valence electrons. The van der Waals surface area contributed by atoms with E-state index in [0.29, 0.717) is 30.5 Å². The summed E-state index contributed by atoms with van der Waals surface area (Å²) >= 11 is 2.08. The van der Waals surface area contributed by atoms with E-state index < -0.39 is 0 Å². The van der Waals surface area contributed by atoms with Gasteiger partial charge in [-0.15, -0.1) is 0 Å². The fourth-order valence-electron chi connectivity index (χ4n) is 2.89. The van der Waals surface area contributed by atoms with Gasteiger partial charge in [-0.05, 0) is 43.2 Å². The Balaban J connectivity index is 1.68. The van der Waals surface area contributed by atoms with Gasteiger partial charge in [-0.3, -0.25) is 0 Å². The maximum atomic E-state index is 5.67. The summed E-state index contributed by atoms with van der Waals surface area (Å²) in [6.45, 7) is 5.86. The fourth-order valence-corrected chi connectivity index (χ4v) is 4.04. The summed E-state index contributed by atoms with van der Waals surface area (Å²) < 4.78 is 11.2. The maximum absolute atomic E-state index is 5.67. The van der Waals surface area contributed by atoms with E-state index in [0.717, 1.165) is 11.5 Å². The standard InChI is InChI=1S/C16H23NO2S/c1-11(17-14-4-3-9-20-12(14)2)13-5-6-15-16(10-13)19-8-7-18-15/h5-6,10-12,14,17H,3-4,7-9H2,1-2H3. The van der Waals surface area contributed by atoms with Crippen molar-refractivity contribution in [2.45, 2.75) is 44.0 Å². The van der Waals surface area contributed by atoms with Crippen LogP contribution in [0.3, 0.4) is 0 Å². The number of ether oxygens (including phenoxy) is 2. The molecule has 0 aliphatic carbocycles. The summed E-state index contributed by atoms with van der Waals surface area (Å²) in [7, 11) is 0. The van der Waals surface area contributed by atoms with Gasteiger partial charge in [0.15, 0.2) is 11.5 Å². The predicted molar refractivity (Wildman–Crippen MR) is 83.9 cm³/mol. The normalized spacial score (nSPS) is 27.1. The Morgan fingerprint density at radius 2 is 2.05 bits per heavy atom. The van der Waals surface area contributed by atoms with E-state index >= 15 is 0 Å². The molecule has 2 heterocycles. The van der Waals surface area contributed by atoms with Crippen molar-refractivity contribution in [3.05, 3.63) is 23.8 Å². The lowest BCUT2D eigenvalue weighted by Crippen LogP contribution is -2.40. The minimum absolute atomic E-state index is 0.344. The highest BCUT2D eigenvalue weighted by Gasteiger charge is 2.24. The summed E-state index contributed by atoms with van der Waals surface area (Å²) in [6.07, 6.45) is 2.60. The predicted octanol–water partition coefficient (Wildman–Crippen LogP) is 3.39. The van der Waals surface area contributed by atoms with Crippen molar-refractivity contribution in [1.82, 2.24) is 5.32 Å². The lowest BCUT2D eigenvalue weighted by molar-refractivity contribution is 0.171. The highest BCUT2D eigenvalue weighted by Crippen LogP contribution is 2.33. The average Bonchev–Trinajstić information content (AvgIpc) is 2.49. The van der Waals surface area contributed by atoms with Crippen LogP contribution in [0.4, 0.5) is 0 Å². The summed E-state index contributed by atoms with van der Waals surface area (Å²) in [6, 6.07) is 7.24. The molecular weight excluding hydrogens is 270 g/mol. The molecule has 0 bridgehead atoms. The molecule has 3 atom stereocenters. The Hall–Kier alpha value is -0.870. The molecule has 4 heteroatoms. The van der Waals surface area contributed by atoms with Crippen LogP contribution in [0.25, 0.3) is 0 Å². The number of hydrogen-bond donors (Lipinski definition) is 1. The first-order valence-corrected chi connectivity index (χ1v) is 8.56. The third-order valence-electron chi connectivity index (χ3n) is 4.14. The smallest absolute Gasteiger partial charge is 0.161 e. The molecule has 0 amide bonds. The van der Waals surface area contributed by atoms with Crippen LogP contribution in [0.15, 0.2) is 18.2 Å². The van der Waals surface area contributed by atoms with Crippen LogP contribution < -0.4 is 14.8 Å². The lowest BCUT2D eigenvalue weighted by Gasteiger charge is -2.32. The van der Waals surface area contributed by atoms with Gasteiger partial charge in [0.25, 0.3) is 0 Å². The molecule has 1 aromatic rings. The molecule has 0 aromatic heterocycles. The second-order valence-electron chi connectivity index (χ2n) is 5.62. The van der Waals surface area contributed by atoms with Crippen LogP contribution in [-0.4, -0.2) is 30.3 Å². The highest BCUT2D eigenvalue weighted by molar-refractivity contribution is 7.99. The van der Waals surface area contributed by atoms with Crippen molar-refractivity contribution >= 4 is 11.8 Å². The fraction of sp³-hybridized carbons (Fsp3) is 0.625. The molecule has 0 radical (unpaired) electrons. The highest BCUT2D eigenvalue weighted by atomic mass is 32.2. The zero-order valence-electron chi connectivity index (χ0n) is 12.2. The Kier molecular flexibility index (Phi) is 4.41. The van der Waals surface area contributed by atoms with E-state index in [1.54, 1.807) is 0 Å². The molecule has 1 aromatic carbocycles. The molecule has 1 fully saturated rings. The van der Waals surface area contributed by atoms with E-state index in [1.165, 1.54) is 24.2 Å². The molecular formula is C16H23NO2S. The second-order valence-corrected chi connectivity index (χ2v) is 7.10. The molecule has 2 aliphatic rings. The molecule has 3 unspecified atom stereocenters. The second kappa shape index (κ2) is 6.27. The van der Waals surface area contributed by atoms with Crippen LogP contribution >= 0.6 is 11.8 Å². The Morgan fingerprint density at radius 1 is 1.25 bits per heavy atom. The van der Waals surface area contributed by atoms with Crippen LogP contribution in [0.5, 0.6) is 11.5 Å². The maximum Gasteiger partial charge on any atom is 0.161 e. The third kappa shape index (κ3) is 3.07. The topological polar surface area (TPSA) is 30.5 Å². The number of fused-ring (bicyclic) bond motifs is 1. The van der Waals surface area contributed by atoms with E-state index in [1.807, 2.05) is 6.07 Å². The summed E-state index contributed by atoms with van der Waals surface area (Å²) in [5, 5.41) is 4.47. The molecule has 0 saturated carbocycles. The number of benzene rings is 1. The van der Waals surface area contributed by atoms with Crippen molar-refractivity contribution < 1.29 is 9.47 Å². The molecule has 3 rings (SSSR count). The zero-order valence-corrected chi connectivity index (χ0v) is 13.0. The minimum atomic E-state index is 0.344. The van der Waals surface area contributed by atoms with Crippen molar-refractivity contribution in [2.24, 2.45) is 0 Å². The van der Waals surface area contributed by atoms with Gasteiger partial charge in [0, 0.05) is 17.3 Å². The van der Waals surface area contributed by atoms with Crippen LogP contribution in [0.1, 0.15) is 38.3 Å². The largest absolute Gasteiger partial charge is 0.486 e. The molecule has 3 nitrogen and oxygen atoms in total. The Bertz CT molecular complexity index is 466. The lowest BCUT2D eigenvalue weighted by atomic mass is 10.0. The van der Waals surface area contributed by atoms with Crippen molar-refractivity contribution in [2.75, 3.05) is 19.0 Å². The van der Waals surface area contributed by atoms with Crippen LogP contribution in [0.2, 0.25) is 0 Å². The number of hydrogen-bond acceptors (Lipinski definition) is 4. The van der Waals surface area contributed by atoms with Gasteiger partial charge < -0.3 is 14.8 Å². The van der Waals surface area contributed by atoms with Crippen LogP contribution in [0, 0.1) is 0 Å². The first-order valence-electron chi connectivity index (χ1n) is 7.51. The monoisotopic (exact) mass is 293 g/mol. The molecule has 1 N–H and O–H groups in total. The average molecular weight is 293 g/mol. The Morgan fingerprint density at radius 3 is 2.85 bits per heavy atom. The Labute approximate surface area is 125 Å². The molecule has 1 saturated heterocycles. The quantitative estimate of drug-likeness (QED) is 0.925. The van der Waals surface area contributed by atoms with Gasteiger partial charge in [-0.2, -0.15) is 11.8 Å². The van der Waals surface area contributed by atoms with Crippen LogP contribution in [-0.2, 0) is 0 Å². The van der Waals surface area contributed by atoms with E-state index in [9.17, 15) is 0 Å². The van der Waals surface area contributed by atoms with Gasteiger partial charge in [-0.1, -0.05) is 13.0 Å². The van der Waals surface area contributed by atoms with Gasteiger partial charge >= 0.3 is 0 Å². The molecule has 20 heavy (non-hydrogen) atoms. The van der Waals surface area contributed by atoms with E-state index in [2.05, 4.69) is 43.1 Å². The third-order valence-corrected chi connectivity index (χ3v) is 5.52. The number of nitrogens with one attached hydrogen (secondary N) is 1. The van der Waals surface area contributed by atoms with Gasteiger partial charge in [0.1, 0.15) is 13.2 Å². The van der Waals surface area contributed by atoms with Crippen molar-refractivity contribution in [3.8, 4) is 11.5 Å². The number of rotatable bonds is 3. The minimum Gasteiger partial charge on any atom is -0.486 e. The zero-order chi connectivity index (χ0) is 13.9. The van der Waals surface area contributed by atoms with Gasteiger partial charge in [-0.25, -0.2) is 0 Å². The van der Waals surface area contributed by atoms with E-state index in [4.69, 9.17) is 9.47 Å². The summed E-state index contributed by atoms with van der Waals surface area (Å²) in [5.41, 5.74) is 1.28. The van der Waals surface area contributed by atoms with Crippen molar-refractivity contribution in [1.29, 1.82) is 0 Å². The first kappa shape index (κ1) is 14.1. The number of thioether (sulfide) groups is 1. The van der Waals surface area contributed by atoms with E-state index in [-0.39, 0.29) is 0 Å². The SMILES string of the molecule is CC(NC1CCCSC1C)c1ccc2c(c1)OCCO2. The summed E-state index contributed by atoms with van der Waals surface area (Å²) in [4.78, 5) is 0. The molecule has 2 aliphatic heterocycles.